The summed E-state index contributed by atoms with van der Waals surface area (Å²) in [7, 11) is 1.25. The number of halogens is 1. The van der Waals surface area contributed by atoms with Gasteiger partial charge in [0.15, 0.2) is 5.60 Å². The number of piperidine rings is 1. The number of carbonyl (C=O) groups is 4. The number of nitrogens with one attached hydrogen (secondary N) is 3. The van der Waals surface area contributed by atoms with Gasteiger partial charge < -0.3 is 19.7 Å². The number of nitrogens with zero attached hydrogens (tertiary/aromatic N) is 1. The lowest BCUT2D eigenvalue weighted by Gasteiger charge is -2.45. The van der Waals surface area contributed by atoms with Gasteiger partial charge in [-0.2, -0.15) is 0 Å². The Balaban J connectivity index is 1.38. The van der Waals surface area contributed by atoms with Crippen molar-refractivity contribution in [3.63, 3.8) is 0 Å². The molecule has 4 amide bonds. The second-order valence-corrected chi connectivity index (χ2v) is 9.97. The first-order valence-corrected chi connectivity index (χ1v) is 13.1. The van der Waals surface area contributed by atoms with E-state index in [4.69, 9.17) is 4.74 Å². The molecule has 1 fully saturated rings. The van der Waals surface area contributed by atoms with Crippen molar-refractivity contribution in [3.8, 4) is 0 Å². The molecular weight excluding hydrogens is 531 g/mol. The number of methoxy groups -OCH3 is 1. The second-order valence-electron chi connectivity index (χ2n) is 9.97. The Morgan fingerprint density at radius 3 is 2.59 bits per heavy atom. The monoisotopic (exact) mass is 560 g/mol. The number of amides is 4. The van der Waals surface area contributed by atoms with Gasteiger partial charge in [0, 0.05) is 29.8 Å². The molecule has 0 saturated carbocycles. The largest absolute Gasteiger partial charge is 0.453 e. The molecule has 1 saturated heterocycles. The highest BCUT2D eigenvalue weighted by molar-refractivity contribution is 5.98. The van der Waals surface area contributed by atoms with Crippen molar-refractivity contribution < 1.29 is 33.0 Å². The van der Waals surface area contributed by atoms with Gasteiger partial charge in [-0.25, -0.2) is 14.0 Å². The predicted octanol–water partition coefficient (Wildman–Crippen LogP) is 4.43. The van der Waals surface area contributed by atoms with Crippen LogP contribution in [0.3, 0.4) is 0 Å². The molecule has 2 heterocycles. The molecule has 3 aromatic carbocycles. The number of anilines is 2. The number of benzene rings is 3. The highest BCUT2D eigenvalue weighted by atomic mass is 19.1. The van der Waals surface area contributed by atoms with E-state index < -0.39 is 35.6 Å². The molecule has 2 aliphatic heterocycles. The number of ether oxygens (including phenoxy) is 2. The molecule has 0 radical (unpaired) electrons. The van der Waals surface area contributed by atoms with E-state index in [9.17, 15) is 23.6 Å². The quantitative estimate of drug-likeness (QED) is 0.410. The van der Waals surface area contributed by atoms with Gasteiger partial charge in [-0.3, -0.25) is 20.2 Å². The van der Waals surface area contributed by atoms with Gasteiger partial charge in [0.05, 0.1) is 19.3 Å². The van der Waals surface area contributed by atoms with E-state index >= 15 is 0 Å². The van der Waals surface area contributed by atoms with Crippen LogP contribution in [0.2, 0.25) is 0 Å². The van der Waals surface area contributed by atoms with Crippen molar-refractivity contribution in [1.29, 1.82) is 0 Å². The molecule has 1 spiro atoms. The minimum atomic E-state index is -1.21. The van der Waals surface area contributed by atoms with Crippen LogP contribution in [0.4, 0.5) is 25.4 Å². The van der Waals surface area contributed by atoms with Crippen molar-refractivity contribution in [3.05, 3.63) is 95.3 Å². The van der Waals surface area contributed by atoms with Gasteiger partial charge in [0.25, 0.3) is 5.91 Å². The molecule has 2 aliphatic rings. The number of hydrogen-bond acceptors (Lipinski definition) is 6. The van der Waals surface area contributed by atoms with Crippen LogP contribution < -0.4 is 16.0 Å². The Labute approximate surface area is 235 Å². The number of fused-ring (bicyclic) bond motifs is 2. The standard InChI is InChI=1S/C30H29FN4O6/c1-40-28(38)32-22-11-8-20(9-12-22)26(36)33-25(16-19-6-3-2-4-7-19)27(37)35-15-5-14-30(18-35)23-17-21(31)10-13-24(23)34-29(39)41-30/h2-4,6-13,17,25H,5,14-16,18H2,1H3,(H,32,38)(H,33,36)(H,34,39)/t25-,30+/m0/s1. The zero-order valence-corrected chi connectivity index (χ0v) is 22.3. The Morgan fingerprint density at radius 1 is 1.10 bits per heavy atom. The maximum absolute atomic E-state index is 14.2. The molecule has 0 unspecified atom stereocenters. The lowest BCUT2D eigenvalue weighted by Crippen LogP contribution is -2.57. The van der Waals surface area contributed by atoms with E-state index in [0.29, 0.717) is 36.3 Å². The number of carbonyl (C=O) groups excluding carboxylic acids is 4. The Morgan fingerprint density at radius 2 is 1.85 bits per heavy atom. The highest BCUT2D eigenvalue weighted by Crippen LogP contribution is 2.42. The smallest absolute Gasteiger partial charge is 0.412 e. The van der Waals surface area contributed by atoms with Crippen LogP contribution >= 0.6 is 0 Å². The fourth-order valence-electron chi connectivity index (χ4n) is 5.27. The van der Waals surface area contributed by atoms with Gasteiger partial charge >= 0.3 is 12.2 Å². The van der Waals surface area contributed by atoms with E-state index in [0.717, 1.165) is 5.56 Å². The minimum absolute atomic E-state index is 0.0186. The van der Waals surface area contributed by atoms with Gasteiger partial charge in [-0.05, 0) is 60.9 Å². The summed E-state index contributed by atoms with van der Waals surface area (Å²) in [6.45, 7) is 0.399. The van der Waals surface area contributed by atoms with Crippen molar-refractivity contribution in [2.75, 3.05) is 30.8 Å². The SMILES string of the molecule is COC(=O)Nc1ccc(C(=O)N[C@@H](Cc2ccccc2)C(=O)N2CCC[C@]3(C2)OC(=O)Nc2ccc(F)cc23)cc1. The fraction of sp³-hybridized carbons (Fsp3) is 0.267. The van der Waals surface area contributed by atoms with E-state index in [1.165, 1.54) is 37.4 Å². The molecule has 0 aliphatic carbocycles. The summed E-state index contributed by atoms with van der Waals surface area (Å²) in [6, 6.07) is 18.6. The molecule has 10 nitrogen and oxygen atoms in total. The first-order valence-electron chi connectivity index (χ1n) is 13.1. The van der Waals surface area contributed by atoms with Crippen molar-refractivity contribution in [1.82, 2.24) is 10.2 Å². The van der Waals surface area contributed by atoms with E-state index in [1.807, 2.05) is 30.3 Å². The molecule has 2 atom stereocenters. The first kappa shape index (κ1) is 27.6. The zero-order valence-electron chi connectivity index (χ0n) is 22.3. The van der Waals surface area contributed by atoms with Crippen LogP contribution in [-0.2, 0) is 26.3 Å². The van der Waals surface area contributed by atoms with Crippen molar-refractivity contribution in [2.45, 2.75) is 30.9 Å². The number of likely N-dealkylation sites (tertiary alicyclic amines) is 1. The third-order valence-corrected chi connectivity index (χ3v) is 7.23. The predicted molar refractivity (Wildman–Crippen MR) is 148 cm³/mol. The third kappa shape index (κ3) is 6.13. The van der Waals surface area contributed by atoms with Gasteiger partial charge in [0.2, 0.25) is 5.91 Å². The molecular formula is C30H29FN4O6. The van der Waals surface area contributed by atoms with E-state index in [-0.39, 0.29) is 24.4 Å². The van der Waals surface area contributed by atoms with Crippen LogP contribution in [0.15, 0.2) is 72.8 Å². The molecule has 3 aromatic rings. The molecule has 3 N–H and O–H groups in total. The Kier molecular flexibility index (Phi) is 7.86. The van der Waals surface area contributed by atoms with E-state index in [2.05, 4.69) is 20.7 Å². The summed E-state index contributed by atoms with van der Waals surface area (Å²) in [6.07, 6.45) is -0.154. The first-order chi connectivity index (χ1) is 19.8. The average Bonchev–Trinajstić information content (AvgIpc) is 2.97. The summed E-state index contributed by atoms with van der Waals surface area (Å²) in [5, 5.41) is 7.97. The number of hydrogen-bond donors (Lipinski definition) is 3. The minimum Gasteiger partial charge on any atom is -0.453 e. The van der Waals surface area contributed by atoms with Crippen molar-refractivity contribution >= 4 is 35.4 Å². The van der Waals surface area contributed by atoms with Crippen LogP contribution in [0.5, 0.6) is 0 Å². The lowest BCUT2D eigenvalue weighted by atomic mass is 9.83. The second kappa shape index (κ2) is 11.7. The molecule has 0 bridgehead atoms. The summed E-state index contributed by atoms with van der Waals surface area (Å²) in [4.78, 5) is 52.7. The molecule has 0 aromatic heterocycles. The summed E-state index contributed by atoms with van der Waals surface area (Å²) in [5.74, 6) is -1.30. The zero-order chi connectivity index (χ0) is 29.0. The van der Waals surface area contributed by atoms with Crippen LogP contribution in [-0.4, -0.2) is 55.1 Å². The molecule has 5 rings (SSSR count). The van der Waals surface area contributed by atoms with Crippen LogP contribution in [0.25, 0.3) is 0 Å². The maximum Gasteiger partial charge on any atom is 0.412 e. The van der Waals surface area contributed by atoms with E-state index in [1.54, 1.807) is 17.0 Å². The maximum atomic E-state index is 14.2. The Bertz CT molecular complexity index is 1470. The normalized spacial score (nSPS) is 18.4. The summed E-state index contributed by atoms with van der Waals surface area (Å²) in [5.41, 5.74) is 1.28. The lowest BCUT2D eigenvalue weighted by molar-refractivity contribution is -0.141. The number of rotatable bonds is 6. The molecule has 41 heavy (non-hydrogen) atoms. The van der Waals surface area contributed by atoms with Gasteiger partial charge in [-0.1, -0.05) is 30.3 Å². The van der Waals surface area contributed by atoms with Crippen LogP contribution in [0, 0.1) is 5.82 Å². The van der Waals surface area contributed by atoms with Crippen molar-refractivity contribution in [2.24, 2.45) is 0 Å². The Hall–Kier alpha value is -4.93. The average molecular weight is 561 g/mol. The summed E-state index contributed by atoms with van der Waals surface area (Å²) < 4.78 is 24.6. The molecule has 212 valence electrons. The topological polar surface area (TPSA) is 126 Å². The van der Waals surface area contributed by atoms with Gasteiger partial charge in [-0.15, -0.1) is 0 Å². The summed E-state index contributed by atoms with van der Waals surface area (Å²) >= 11 is 0. The highest BCUT2D eigenvalue weighted by Gasteiger charge is 2.47. The fourth-order valence-corrected chi connectivity index (χ4v) is 5.27. The van der Waals surface area contributed by atoms with Crippen LogP contribution in [0.1, 0.15) is 34.3 Å². The third-order valence-electron chi connectivity index (χ3n) is 7.23. The van der Waals surface area contributed by atoms with Gasteiger partial charge in [0.1, 0.15) is 11.9 Å². The molecule has 11 heteroatoms.